The van der Waals surface area contributed by atoms with Gasteiger partial charge in [0.2, 0.25) is 10.0 Å². The normalized spacial score (nSPS) is 11.3. The molecule has 0 saturated heterocycles. The Kier molecular flexibility index (Phi) is 5.26. The van der Waals surface area contributed by atoms with Crippen molar-refractivity contribution in [1.82, 2.24) is 9.29 Å². The summed E-state index contributed by atoms with van der Waals surface area (Å²) in [7, 11) is -1.85. The van der Waals surface area contributed by atoms with Gasteiger partial charge in [-0.25, -0.2) is 12.7 Å². The second-order valence-electron chi connectivity index (χ2n) is 4.96. The van der Waals surface area contributed by atoms with E-state index in [1.54, 1.807) is 37.5 Å². The first-order valence-corrected chi connectivity index (χ1v) is 8.45. The molecule has 22 heavy (non-hydrogen) atoms. The SMILES string of the molecule is CN(CCc1ccccn1)S(=O)(=O)Cc1cccc(C#N)c1. The van der Waals surface area contributed by atoms with Crippen molar-refractivity contribution >= 4 is 10.0 Å². The van der Waals surface area contributed by atoms with Gasteiger partial charge in [0, 0.05) is 31.9 Å². The third kappa shape index (κ3) is 4.38. The molecule has 114 valence electrons. The van der Waals surface area contributed by atoms with Crippen LogP contribution in [0.3, 0.4) is 0 Å². The molecule has 0 unspecified atom stereocenters. The van der Waals surface area contributed by atoms with E-state index in [-0.39, 0.29) is 5.75 Å². The van der Waals surface area contributed by atoms with E-state index in [1.165, 1.54) is 4.31 Å². The van der Waals surface area contributed by atoms with Crippen LogP contribution in [0.4, 0.5) is 0 Å². The monoisotopic (exact) mass is 315 g/mol. The van der Waals surface area contributed by atoms with Crippen LogP contribution in [0.15, 0.2) is 48.7 Å². The molecule has 0 saturated carbocycles. The molecule has 2 rings (SSSR count). The second kappa shape index (κ2) is 7.16. The lowest BCUT2D eigenvalue weighted by atomic mass is 10.2. The fourth-order valence-corrected chi connectivity index (χ4v) is 3.20. The third-order valence-electron chi connectivity index (χ3n) is 3.29. The van der Waals surface area contributed by atoms with Crippen LogP contribution in [0, 0.1) is 11.3 Å². The van der Waals surface area contributed by atoms with Gasteiger partial charge in [-0.15, -0.1) is 0 Å². The van der Waals surface area contributed by atoms with Crippen molar-refractivity contribution in [3.05, 3.63) is 65.5 Å². The lowest BCUT2D eigenvalue weighted by molar-refractivity contribution is 0.470. The second-order valence-corrected chi connectivity index (χ2v) is 7.04. The maximum atomic E-state index is 12.3. The molecule has 0 amide bonds. The highest BCUT2D eigenvalue weighted by atomic mass is 32.2. The summed E-state index contributed by atoms with van der Waals surface area (Å²) >= 11 is 0. The Hall–Kier alpha value is -2.23. The summed E-state index contributed by atoms with van der Waals surface area (Å²) in [5, 5.41) is 8.86. The summed E-state index contributed by atoms with van der Waals surface area (Å²) in [4.78, 5) is 4.18. The molecule has 0 radical (unpaired) electrons. The van der Waals surface area contributed by atoms with Gasteiger partial charge in [-0.2, -0.15) is 5.26 Å². The Morgan fingerprint density at radius 3 is 2.73 bits per heavy atom. The molecule has 0 aliphatic carbocycles. The Labute approximate surface area is 130 Å². The molecule has 0 aliphatic heterocycles. The van der Waals surface area contributed by atoms with Crippen molar-refractivity contribution in [1.29, 1.82) is 5.26 Å². The van der Waals surface area contributed by atoms with Gasteiger partial charge in [-0.3, -0.25) is 4.98 Å². The molecular weight excluding hydrogens is 298 g/mol. The molecule has 1 aromatic carbocycles. The van der Waals surface area contributed by atoms with Crippen LogP contribution in [0.2, 0.25) is 0 Å². The average molecular weight is 315 g/mol. The predicted octanol–water partition coefficient (Wildman–Crippen LogP) is 1.96. The van der Waals surface area contributed by atoms with Crippen molar-refractivity contribution in [2.75, 3.05) is 13.6 Å². The lowest BCUT2D eigenvalue weighted by Crippen LogP contribution is -2.30. The zero-order valence-electron chi connectivity index (χ0n) is 12.3. The predicted molar refractivity (Wildman–Crippen MR) is 84.4 cm³/mol. The first kappa shape index (κ1) is 16.1. The summed E-state index contributed by atoms with van der Waals surface area (Å²) in [5.74, 6) is -0.110. The zero-order valence-corrected chi connectivity index (χ0v) is 13.1. The number of likely N-dealkylation sites (N-methyl/N-ethyl adjacent to an activating group) is 1. The molecule has 5 nitrogen and oxygen atoms in total. The smallest absolute Gasteiger partial charge is 0.218 e. The quantitative estimate of drug-likeness (QED) is 0.816. The van der Waals surface area contributed by atoms with Crippen LogP contribution in [0.5, 0.6) is 0 Å². The van der Waals surface area contributed by atoms with Gasteiger partial charge in [0.05, 0.1) is 17.4 Å². The average Bonchev–Trinajstić information content (AvgIpc) is 2.53. The van der Waals surface area contributed by atoms with Crippen LogP contribution >= 0.6 is 0 Å². The van der Waals surface area contributed by atoms with Crippen LogP contribution < -0.4 is 0 Å². The number of hydrogen-bond acceptors (Lipinski definition) is 4. The molecule has 0 bridgehead atoms. The highest BCUT2D eigenvalue weighted by Gasteiger charge is 2.18. The minimum Gasteiger partial charge on any atom is -0.261 e. The minimum absolute atomic E-state index is 0.110. The van der Waals surface area contributed by atoms with E-state index in [4.69, 9.17) is 5.26 Å². The fraction of sp³-hybridized carbons (Fsp3) is 0.250. The number of nitriles is 1. The summed E-state index contributed by atoms with van der Waals surface area (Å²) in [5.41, 5.74) is 1.93. The standard InChI is InChI=1S/C16H17N3O2S/c1-19(10-8-16-7-2-3-9-18-16)22(20,21)13-15-6-4-5-14(11-15)12-17/h2-7,9,11H,8,10,13H2,1H3. The first-order chi connectivity index (χ1) is 10.5. The van der Waals surface area contributed by atoms with Crippen molar-refractivity contribution in [3.63, 3.8) is 0 Å². The van der Waals surface area contributed by atoms with E-state index < -0.39 is 10.0 Å². The fourth-order valence-electron chi connectivity index (χ4n) is 2.01. The van der Waals surface area contributed by atoms with E-state index >= 15 is 0 Å². The third-order valence-corrected chi connectivity index (χ3v) is 5.12. The van der Waals surface area contributed by atoms with Crippen molar-refractivity contribution in [2.45, 2.75) is 12.2 Å². The summed E-state index contributed by atoms with van der Waals surface area (Å²) in [6, 6.07) is 14.2. The number of hydrogen-bond donors (Lipinski definition) is 0. The largest absolute Gasteiger partial charge is 0.261 e. The Morgan fingerprint density at radius 2 is 2.05 bits per heavy atom. The number of sulfonamides is 1. The molecule has 1 heterocycles. The summed E-state index contributed by atoms with van der Waals surface area (Å²) in [6.45, 7) is 0.372. The van der Waals surface area contributed by atoms with Gasteiger partial charge >= 0.3 is 0 Å². The van der Waals surface area contributed by atoms with Gasteiger partial charge in [-0.1, -0.05) is 18.2 Å². The van der Waals surface area contributed by atoms with Gasteiger partial charge in [0.1, 0.15) is 0 Å². The minimum atomic E-state index is -3.41. The number of rotatable bonds is 6. The molecule has 0 N–H and O–H groups in total. The Morgan fingerprint density at radius 1 is 1.23 bits per heavy atom. The Bertz CT molecular complexity index is 767. The van der Waals surface area contributed by atoms with Crippen LogP contribution in [-0.4, -0.2) is 31.3 Å². The molecule has 0 atom stereocenters. The topological polar surface area (TPSA) is 74.1 Å². The molecule has 6 heteroatoms. The molecule has 2 aromatic rings. The van der Waals surface area contributed by atoms with Crippen LogP contribution in [-0.2, 0) is 22.2 Å². The summed E-state index contributed by atoms with van der Waals surface area (Å²) in [6.07, 6.45) is 2.26. The first-order valence-electron chi connectivity index (χ1n) is 6.84. The van der Waals surface area contributed by atoms with E-state index in [0.717, 1.165) is 5.69 Å². The van der Waals surface area contributed by atoms with Crippen molar-refractivity contribution < 1.29 is 8.42 Å². The molecule has 0 aliphatic rings. The number of pyridine rings is 1. The Balaban J connectivity index is 2.01. The van der Waals surface area contributed by atoms with Crippen LogP contribution in [0.25, 0.3) is 0 Å². The van der Waals surface area contributed by atoms with Crippen molar-refractivity contribution in [3.8, 4) is 6.07 Å². The molecule has 1 aromatic heterocycles. The van der Waals surface area contributed by atoms with E-state index in [2.05, 4.69) is 4.98 Å². The summed E-state index contributed by atoms with van der Waals surface area (Å²) < 4.78 is 26.0. The number of benzene rings is 1. The number of nitrogens with zero attached hydrogens (tertiary/aromatic N) is 3. The van der Waals surface area contributed by atoms with Gasteiger partial charge in [0.15, 0.2) is 0 Å². The van der Waals surface area contributed by atoms with Gasteiger partial charge in [0.25, 0.3) is 0 Å². The van der Waals surface area contributed by atoms with Crippen molar-refractivity contribution in [2.24, 2.45) is 0 Å². The zero-order chi connectivity index (χ0) is 16.0. The van der Waals surface area contributed by atoms with Gasteiger partial charge in [-0.05, 0) is 29.8 Å². The molecular formula is C16H17N3O2S. The molecule has 0 spiro atoms. The lowest BCUT2D eigenvalue weighted by Gasteiger charge is -2.17. The highest BCUT2D eigenvalue weighted by molar-refractivity contribution is 7.88. The maximum absolute atomic E-state index is 12.3. The molecule has 0 fully saturated rings. The van der Waals surface area contributed by atoms with E-state index in [1.807, 2.05) is 24.3 Å². The highest BCUT2D eigenvalue weighted by Crippen LogP contribution is 2.12. The maximum Gasteiger partial charge on any atom is 0.218 e. The van der Waals surface area contributed by atoms with E-state index in [9.17, 15) is 8.42 Å². The van der Waals surface area contributed by atoms with E-state index in [0.29, 0.717) is 24.1 Å². The number of aromatic nitrogens is 1. The van der Waals surface area contributed by atoms with Gasteiger partial charge < -0.3 is 0 Å². The van der Waals surface area contributed by atoms with Crippen LogP contribution in [0.1, 0.15) is 16.8 Å².